The quantitative estimate of drug-likeness (QED) is 0.719. The van der Waals surface area contributed by atoms with Crippen LogP contribution in [0.5, 0.6) is 0 Å². The predicted molar refractivity (Wildman–Crippen MR) is 77.4 cm³/mol. The van der Waals surface area contributed by atoms with Gasteiger partial charge in [0.2, 0.25) is 0 Å². The van der Waals surface area contributed by atoms with E-state index in [2.05, 4.69) is 16.9 Å². The van der Waals surface area contributed by atoms with Crippen molar-refractivity contribution < 1.29 is 14.6 Å². The molecule has 2 N–H and O–H groups in total. The maximum atomic E-state index is 11.9. The summed E-state index contributed by atoms with van der Waals surface area (Å²) in [6.45, 7) is 8.09. The number of ether oxygens (including phenoxy) is 1. The lowest BCUT2D eigenvalue weighted by Crippen LogP contribution is -2.35. The molecule has 5 nitrogen and oxygen atoms in total. The second-order valence-corrected chi connectivity index (χ2v) is 5.17. The second-order valence-electron chi connectivity index (χ2n) is 5.17. The molecule has 2 unspecified atom stereocenters. The fourth-order valence-corrected chi connectivity index (χ4v) is 2.50. The van der Waals surface area contributed by atoms with Crippen molar-refractivity contribution in [3.63, 3.8) is 0 Å². The van der Waals surface area contributed by atoms with Crippen molar-refractivity contribution in [3.05, 3.63) is 17.7 Å². The average molecular weight is 282 g/mol. The lowest BCUT2D eigenvalue weighted by molar-refractivity contribution is -0.0297. The van der Waals surface area contributed by atoms with Crippen LogP contribution in [0.3, 0.4) is 0 Å². The zero-order valence-electron chi connectivity index (χ0n) is 12.9. The summed E-state index contributed by atoms with van der Waals surface area (Å²) >= 11 is 0. The van der Waals surface area contributed by atoms with Gasteiger partial charge < -0.3 is 14.8 Å². The average Bonchev–Trinajstić information content (AvgIpc) is 2.94. The highest BCUT2D eigenvalue weighted by Gasteiger charge is 2.38. The Labute approximate surface area is 120 Å². The summed E-state index contributed by atoms with van der Waals surface area (Å²) in [7, 11) is 0. The van der Waals surface area contributed by atoms with E-state index in [1.54, 1.807) is 6.92 Å². The normalized spacial score (nSPS) is 15.7. The second kappa shape index (κ2) is 7.43. The van der Waals surface area contributed by atoms with Gasteiger partial charge in [0.25, 0.3) is 0 Å². The van der Waals surface area contributed by atoms with E-state index in [4.69, 9.17) is 4.74 Å². The topological polar surface area (TPSA) is 75.2 Å². The molecule has 2 atom stereocenters. The molecular weight excluding hydrogens is 256 g/mol. The van der Waals surface area contributed by atoms with Gasteiger partial charge in [0.1, 0.15) is 5.60 Å². The molecule has 0 amide bonds. The highest BCUT2D eigenvalue weighted by molar-refractivity contribution is 5.88. The number of rotatable bonds is 8. The van der Waals surface area contributed by atoms with Gasteiger partial charge >= 0.3 is 5.97 Å². The minimum atomic E-state index is -1.08. The first-order chi connectivity index (χ1) is 9.51. The highest BCUT2D eigenvalue weighted by atomic mass is 16.5. The molecule has 1 heterocycles. The molecule has 0 aliphatic heterocycles. The summed E-state index contributed by atoms with van der Waals surface area (Å²) in [6, 6.07) is 0. The first kappa shape index (κ1) is 16.7. The number of esters is 1. The van der Waals surface area contributed by atoms with E-state index in [-0.39, 0.29) is 11.6 Å². The van der Waals surface area contributed by atoms with Crippen LogP contribution < -0.4 is 0 Å². The van der Waals surface area contributed by atoms with Crippen LogP contribution in [0.1, 0.15) is 69.6 Å². The number of carbonyl (C=O) groups excluding carboxylic acids is 1. The summed E-state index contributed by atoms with van der Waals surface area (Å²) in [5.41, 5.74) is -0.407. The largest absolute Gasteiger partial charge is 0.461 e. The number of H-pyrrole nitrogens is 1. The van der Waals surface area contributed by atoms with Crippen LogP contribution in [0.4, 0.5) is 0 Å². The molecule has 0 radical (unpaired) electrons. The van der Waals surface area contributed by atoms with Gasteiger partial charge in [-0.1, -0.05) is 33.6 Å². The summed E-state index contributed by atoms with van der Waals surface area (Å²) in [5, 5.41) is 11.0. The Kier molecular flexibility index (Phi) is 6.20. The Bertz CT molecular complexity index is 431. The number of aromatic nitrogens is 2. The Balaban J connectivity index is 3.05. The minimum Gasteiger partial charge on any atom is -0.461 e. The predicted octanol–water partition coefficient (Wildman–Crippen LogP) is 3.01. The van der Waals surface area contributed by atoms with E-state index in [1.807, 2.05) is 13.8 Å². The minimum absolute atomic E-state index is 0.0427. The molecular formula is C15H26N2O3. The number of hydrogen-bond donors (Lipinski definition) is 2. The maximum absolute atomic E-state index is 11.9. The number of hydrogen-bond acceptors (Lipinski definition) is 4. The fraction of sp³-hybridized carbons (Fsp3) is 0.733. The molecule has 0 aliphatic rings. The van der Waals surface area contributed by atoms with Gasteiger partial charge in [0.05, 0.1) is 18.6 Å². The summed E-state index contributed by atoms with van der Waals surface area (Å²) in [4.78, 5) is 18.9. The number of aliphatic hydroxyl groups is 1. The van der Waals surface area contributed by atoms with Gasteiger partial charge in [-0.05, 0) is 25.7 Å². The smallest absolute Gasteiger partial charge is 0.358 e. The van der Waals surface area contributed by atoms with Gasteiger partial charge in [-0.3, -0.25) is 0 Å². The first-order valence-corrected chi connectivity index (χ1v) is 7.44. The van der Waals surface area contributed by atoms with Crippen LogP contribution in [-0.2, 0) is 10.3 Å². The third-order valence-electron chi connectivity index (χ3n) is 3.89. The van der Waals surface area contributed by atoms with Gasteiger partial charge in [-0.25, -0.2) is 9.78 Å². The van der Waals surface area contributed by atoms with Crippen LogP contribution >= 0.6 is 0 Å². The molecule has 1 aromatic rings. The van der Waals surface area contributed by atoms with E-state index in [1.165, 1.54) is 6.33 Å². The van der Waals surface area contributed by atoms with E-state index in [9.17, 15) is 9.90 Å². The van der Waals surface area contributed by atoms with E-state index >= 15 is 0 Å². The molecule has 1 rings (SSSR count). The molecule has 5 heteroatoms. The molecule has 0 saturated carbocycles. The summed E-state index contributed by atoms with van der Waals surface area (Å²) in [5.74, 6) is -0.445. The molecule has 20 heavy (non-hydrogen) atoms. The zero-order chi connectivity index (χ0) is 15.2. The van der Waals surface area contributed by atoms with E-state index in [0.717, 1.165) is 19.3 Å². The lowest BCUT2D eigenvalue weighted by Gasteiger charge is -2.33. The molecule has 1 aromatic heterocycles. The van der Waals surface area contributed by atoms with Gasteiger partial charge in [-0.2, -0.15) is 0 Å². The standard InChI is InChI=1S/C15H26N2O3/c1-5-8-9-11(4)15(19,6-2)13-12(16-10-17-13)14(18)20-7-3/h10-11,19H,5-9H2,1-4H3,(H,16,17). The molecule has 0 bridgehead atoms. The van der Waals surface area contributed by atoms with Gasteiger partial charge in [-0.15, -0.1) is 0 Å². The monoisotopic (exact) mass is 282 g/mol. The van der Waals surface area contributed by atoms with Gasteiger partial charge in [0.15, 0.2) is 5.69 Å². The Hall–Kier alpha value is -1.36. The van der Waals surface area contributed by atoms with Crippen LogP contribution in [-0.4, -0.2) is 27.7 Å². The molecule has 0 spiro atoms. The number of aromatic amines is 1. The zero-order valence-corrected chi connectivity index (χ0v) is 12.9. The fourth-order valence-electron chi connectivity index (χ4n) is 2.50. The van der Waals surface area contributed by atoms with Crippen LogP contribution in [0.25, 0.3) is 0 Å². The van der Waals surface area contributed by atoms with Gasteiger partial charge in [0, 0.05) is 0 Å². The maximum Gasteiger partial charge on any atom is 0.358 e. The SMILES string of the molecule is CCCCC(C)C(O)(CC)c1[nH]cnc1C(=O)OCC. The summed E-state index contributed by atoms with van der Waals surface area (Å²) in [6.07, 6.45) is 4.99. The summed E-state index contributed by atoms with van der Waals surface area (Å²) < 4.78 is 4.99. The first-order valence-electron chi connectivity index (χ1n) is 7.44. The molecule has 0 saturated heterocycles. The lowest BCUT2D eigenvalue weighted by atomic mass is 9.80. The molecule has 0 fully saturated rings. The van der Waals surface area contributed by atoms with Crippen molar-refractivity contribution in [3.8, 4) is 0 Å². The van der Waals surface area contributed by atoms with Crippen molar-refractivity contribution >= 4 is 5.97 Å². The number of nitrogens with one attached hydrogen (secondary N) is 1. The Morgan fingerprint density at radius 2 is 2.20 bits per heavy atom. The molecule has 114 valence electrons. The third kappa shape index (κ3) is 3.39. The van der Waals surface area contributed by atoms with E-state index < -0.39 is 11.6 Å². The van der Waals surface area contributed by atoms with Crippen molar-refractivity contribution in [1.29, 1.82) is 0 Å². The number of imidazole rings is 1. The number of carbonyl (C=O) groups is 1. The number of nitrogens with zero attached hydrogens (tertiary/aromatic N) is 1. The van der Waals surface area contributed by atoms with Crippen LogP contribution in [0.2, 0.25) is 0 Å². The van der Waals surface area contributed by atoms with Crippen molar-refractivity contribution in [2.75, 3.05) is 6.61 Å². The Morgan fingerprint density at radius 3 is 2.75 bits per heavy atom. The molecule has 0 aliphatic carbocycles. The van der Waals surface area contributed by atoms with Crippen molar-refractivity contribution in [2.24, 2.45) is 5.92 Å². The third-order valence-corrected chi connectivity index (χ3v) is 3.89. The molecule has 0 aromatic carbocycles. The van der Waals surface area contributed by atoms with E-state index in [0.29, 0.717) is 18.7 Å². The highest BCUT2D eigenvalue weighted by Crippen LogP contribution is 2.36. The Morgan fingerprint density at radius 1 is 1.50 bits per heavy atom. The van der Waals surface area contributed by atoms with Crippen LogP contribution in [0.15, 0.2) is 6.33 Å². The number of unbranched alkanes of at least 4 members (excludes halogenated alkanes) is 1. The van der Waals surface area contributed by atoms with Crippen LogP contribution in [0, 0.1) is 5.92 Å². The van der Waals surface area contributed by atoms with Crippen molar-refractivity contribution in [1.82, 2.24) is 9.97 Å². The van der Waals surface area contributed by atoms with Crippen molar-refractivity contribution in [2.45, 2.75) is 59.0 Å².